The van der Waals surface area contributed by atoms with E-state index in [2.05, 4.69) is 36.5 Å². The van der Waals surface area contributed by atoms with Crippen LogP contribution < -0.4 is 0 Å². The summed E-state index contributed by atoms with van der Waals surface area (Å²) in [5.74, 6) is -0.671. The Morgan fingerprint density at radius 1 is 0.800 bits per heavy atom. The molecule has 0 spiro atoms. The molecule has 0 aliphatic heterocycles. The van der Waals surface area contributed by atoms with Crippen molar-refractivity contribution >= 4 is 5.97 Å². The summed E-state index contributed by atoms with van der Waals surface area (Å²) in [5, 5.41) is 8.50. The smallest absolute Gasteiger partial charge is 0.303 e. The minimum absolute atomic E-state index is 0.324. The first-order valence-corrected chi connectivity index (χ1v) is 7.90. The van der Waals surface area contributed by atoms with Gasteiger partial charge in [-0.2, -0.15) is 0 Å². The molecule has 0 aliphatic carbocycles. The summed E-state index contributed by atoms with van der Waals surface area (Å²) in [6.45, 7) is 2.04. The molecule has 20 heavy (non-hydrogen) atoms. The third-order valence-corrected chi connectivity index (χ3v) is 3.12. The third-order valence-electron chi connectivity index (χ3n) is 3.12. The van der Waals surface area contributed by atoms with Gasteiger partial charge in [-0.3, -0.25) is 4.79 Å². The molecule has 0 aromatic heterocycles. The molecule has 0 saturated heterocycles. The number of unbranched alkanes of at least 4 members (excludes halogenated alkanes) is 6. The van der Waals surface area contributed by atoms with Crippen LogP contribution in [0.25, 0.3) is 0 Å². The van der Waals surface area contributed by atoms with Crippen molar-refractivity contribution in [3.63, 3.8) is 0 Å². The molecular formula is C18H30O2. The predicted molar refractivity (Wildman–Crippen MR) is 86.9 cm³/mol. The minimum Gasteiger partial charge on any atom is -0.481 e. The van der Waals surface area contributed by atoms with Crippen molar-refractivity contribution in [3.05, 3.63) is 36.5 Å². The Balaban J connectivity index is 3.19. The molecule has 0 bridgehead atoms. The molecule has 2 nitrogen and oxygen atoms in total. The molecule has 2 heteroatoms. The van der Waals surface area contributed by atoms with Gasteiger partial charge in [0, 0.05) is 6.42 Å². The van der Waals surface area contributed by atoms with Crippen LogP contribution in [0.1, 0.15) is 71.1 Å². The molecule has 0 unspecified atom stereocenters. The maximum absolute atomic E-state index is 10.3. The van der Waals surface area contributed by atoms with Gasteiger partial charge in [-0.25, -0.2) is 0 Å². The van der Waals surface area contributed by atoms with Gasteiger partial charge in [0.1, 0.15) is 0 Å². The molecule has 0 aliphatic rings. The van der Waals surface area contributed by atoms with E-state index in [1.165, 1.54) is 25.7 Å². The van der Waals surface area contributed by atoms with Crippen molar-refractivity contribution in [2.45, 2.75) is 71.1 Å². The molecule has 0 atom stereocenters. The van der Waals surface area contributed by atoms with Gasteiger partial charge >= 0.3 is 5.97 Å². The highest BCUT2D eigenvalue weighted by atomic mass is 16.4. The lowest BCUT2D eigenvalue weighted by molar-refractivity contribution is -0.137. The Morgan fingerprint density at radius 2 is 1.35 bits per heavy atom. The fourth-order valence-electron chi connectivity index (χ4n) is 1.95. The zero-order chi connectivity index (χ0) is 14.9. The first-order valence-electron chi connectivity index (χ1n) is 7.90. The van der Waals surface area contributed by atoms with Gasteiger partial charge in [0.15, 0.2) is 0 Å². The highest BCUT2D eigenvalue weighted by molar-refractivity contribution is 5.66. The van der Waals surface area contributed by atoms with Gasteiger partial charge in [0.2, 0.25) is 0 Å². The molecule has 0 heterocycles. The highest BCUT2D eigenvalue weighted by Crippen LogP contribution is 2.09. The van der Waals surface area contributed by atoms with E-state index in [1.807, 2.05) is 6.92 Å². The molecule has 0 saturated carbocycles. The predicted octanol–water partition coefficient (Wildman–Crippen LogP) is 5.66. The highest BCUT2D eigenvalue weighted by Gasteiger charge is 1.95. The van der Waals surface area contributed by atoms with Crippen LogP contribution in [0, 0.1) is 0 Å². The van der Waals surface area contributed by atoms with Gasteiger partial charge in [-0.1, -0.05) is 62.1 Å². The zero-order valence-corrected chi connectivity index (χ0v) is 12.9. The van der Waals surface area contributed by atoms with Crippen molar-refractivity contribution < 1.29 is 9.90 Å². The van der Waals surface area contributed by atoms with Crippen LogP contribution >= 0.6 is 0 Å². The van der Waals surface area contributed by atoms with E-state index in [9.17, 15) is 4.79 Å². The Hall–Kier alpha value is -1.31. The lowest BCUT2D eigenvalue weighted by atomic mass is 10.1. The van der Waals surface area contributed by atoms with E-state index < -0.39 is 5.97 Å². The Kier molecular flexibility index (Phi) is 14.7. The van der Waals surface area contributed by atoms with Gasteiger partial charge in [0.05, 0.1) is 0 Å². The average Bonchev–Trinajstić information content (AvgIpc) is 2.43. The summed E-state index contributed by atoms with van der Waals surface area (Å²) in [4.78, 5) is 10.3. The Morgan fingerprint density at radius 3 is 2.00 bits per heavy atom. The zero-order valence-electron chi connectivity index (χ0n) is 12.9. The second-order valence-electron chi connectivity index (χ2n) is 5.04. The number of carboxylic acid groups (broad SMARTS) is 1. The summed E-state index contributed by atoms with van der Waals surface area (Å²) in [7, 11) is 0. The Bertz CT molecular complexity index is 301. The van der Waals surface area contributed by atoms with E-state index >= 15 is 0 Å². The number of carbonyl (C=O) groups is 1. The number of allylic oxidation sites excluding steroid dienone is 6. The average molecular weight is 278 g/mol. The molecule has 0 aromatic rings. The molecule has 0 amide bonds. The monoisotopic (exact) mass is 278 g/mol. The summed E-state index contributed by atoms with van der Waals surface area (Å²) in [6.07, 6.45) is 23.5. The van der Waals surface area contributed by atoms with Gasteiger partial charge < -0.3 is 5.11 Å². The summed E-state index contributed by atoms with van der Waals surface area (Å²) < 4.78 is 0. The molecule has 114 valence electrons. The first kappa shape index (κ1) is 18.7. The summed E-state index contributed by atoms with van der Waals surface area (Å²) in [6, 6.07) is 0. The summed E-state index contributed by atoms with van der Waals surface area (Å²) in [5.41, 5.74) is 0. The van der Waals surface area contributed by atoms with Crippen molar-refractivity contribution in [1.82, 2.24) is 0 Å². The van der Waals surface area contributed by atoms with Gasteiger partial charge in [-0.05, 0) is 39.0 Å². The maximum atomic E-state index is 10.3. The second kappa shape index (κ2) is 15.7. The molecular weight excluding hydrogens is 248 g/mol. The number of carboxylic acids is 1. The van der Waals surface area contributed by atoms with Crippen molar-refractivity contribution in [2.75, 3.05) is 0 Å². The molecule has 1 N–H and O–H groups in total. The Labute approximate surface area is 124 Å². The van der Waals surface area contributed by atoms with Gasteiger partial charge in [-0.15, -0.1) is 0 Å². The topological polar surface area (TPSA) is 37.3 Å². The number of aliphatic carboxylic acids is 1. The molecule has 0 aromatic carbocycles. The fraction of sp³-hybridized carbons (Fsp3) is 0.611. The lowest BCUT2D eigenvalue weighted by Gasteiger charge is -1.99. The van der Waals surface area contributed by atoms with Crippen molar-refractivity contribution in [3.8, 4) is 0 Å². The SMILES string of the molecule is C/C=C/C/C=C/C/C=C/CCCCCCCCC(=O)O. The van der Waals surface area contributed by atoms with Gasteiger partial charge in [0.25, 0.3) is 0 Å². The second-order valence-corrected chi connectivity index (χ2v) is 5.04. The lowest BCUT2D eigenvalue weighted by Crippen LogP contribution is -1.93. The molecule has 0 fully saturated rings. The van der Waals surface area contributed by atoms with E-state index in [0.717, 1.165) is 32.1 Å². The number of rotatable bonds is 13. The quantitative estimate of drug-likeness (QED) is 0.348. The minimum atomic E-state index is -0.671. The van der Waals surface area contributed by atoms with Crippen LogP contribution in [0.15, 0.2) is 36.5 Å². The fourth-order valence-corrected chi connectivity index (χ4v) is 1.95. The van der Waals surface area contributed by atoms with Crippen molar-refractivity contribution in [1.29, 1.82) is 0 Å². The number of hydrogen-bond donors (Lipinski definition) is 1. The standard InChI is InChI=1S/C18H30O2/c1-2-3-4-5-6-7-8-9-10-11-12-13-14-15-16-17-18(19)20/h2-3,5-6,8-9H,4,7,10-17H2,1H3,(H,19,20)/b3-2+,6-5+,9-8+. The van der Waals surface area contributed by atoms with Crippen LogP contribution in [0.2, 0.25) is 0 Å². The first-order chi connectivity index (χ1) is 9.77. The van der Waals surface area contributed by atoms with Crippen LogP contribution in [0.5, 0.6) is 0 Å². The van der Waals surface area contributed by atoms with E-state index in [4.69, 9.17) is 5.11 Å². The van der Waals surface area contributed by atoms with Crippen molar-refractivity contribution in [2.24, 2.45) is 0 Å². The molecule has 0 radical (unpaired) electrons. The summed E-state index contributed by atoms with van der Waals surface area (Å²) >= 11 is 0. The number of hydrogen-bond acceptors (Lipinski definition) is 1. The normalized spacial score (nSPS) is 12.1. The van der Waals surface area contributed by atoms with E-state index in [-0.39, 0.29) is 0 Å². The third kappa shape index (κ3) is 16.7. The molecule has 0 rings (SSSR count). The van der Waals surface area contributed by atoms with Crippen LogP contribution in [0.4, 0.5) is 0 Å². The maximum Gasteiger partial charge on any atom is 0.303 e. The van der Waals surface area contributed by atoms with E-state index in [1.54, 1.807) is 0 Å². The largest absolute Gasteiger partial charge is 0.481 e. The van der Waals surface area contributed by atoms with Crippen LogP contribution in [-0.4, -0.2) is 11.1 Å². The van der Waals surface area contributed by atoms with Crippen LogP contribution in [-0.2, 0) is 4.79 Å². The van der Waals surface area contributed by atoms with E-state index in [0.29, 0.717) is 6.42 Å². The van der Waals surface area contributed by atoms with Crippen LogP contribution in [0.3, 0.4) is 0 Å².